The van der Waals surface area contributed by atoms with Gasteiger partial charge in [0.25, 0.3) is 0 Å². The first kappa shape index (κ1) is 21.8. The molecule has 0 radical (unpaired) electrons. The number of rotatable bonds is 4. The molecular weight excluding hydrogens is 412 g/mol. The number of aromatic nitrogens is 2. The zero-order valence-electron chi connectivity index (χ0n) is 18.4. The van der Waals surface area contributed by atoms with Crippen LogP contribution in [0.1, 0.15) is 70.6 Å². The first-order valence-electron chi connectivity index (χ1n) is 11.0. The fourth-order valence-electron chi connectivity index (χ4n) is 5.46. The van der Waals surface area contributed by atoms with Gasteiger partial charge in [0, 0.05) is 23.8 Å². The number of fused-ring (bicyclic) bond motifs is 2. The monoisotopic (exact) mass is 440 g/mol. The third-order valence-electron chi connectivity index (χ3n) is 7.00. The van der Waals surface area contributed by atoms with E-state index in [9.17, 15) is 9.59 Å². The molecule has 2 heterocycles. The lowest BCUT2D eigenvalue weighted by molar-refractivity contribution is -0.118. The Morgan fingerprint density at radius 1 is 1.19 bits per heavy atom. The number of carbonyl (C=O) groups excluding carboxylic acids is 2. The van der Waals surface area contributed by atoms with Gasteiger partial charge in [-0.25, -0.2) is 9.97 Å². The van der Waals surface area contributed by atoms with E-state index >= 15 is 0 Å². The van der Waals surface area contributed by atoms with Crippen molar-refractivity contribution in [3.05, 3.63) is 46.7 Å². The van der Waals surface area contributed by atoms with Crippen LogP contribution in [0.4, 0.5) is 11.6 Å². The predicted molar refractivity (Wildman–Crippen MR) is 122 cm³/mol. The first-order valence-corrected chi connectivity index (χ1v) is 11.3. The fraction of sp³-hybridized carbons (Fsp3) is 0.500. The smallest absolute Gasteiger partial charge is 0.229 e. The average Bonchev–Trinajstić information content (AvgIpc) is 2.91. The Kier molecular flexibility index (Phi) is 5.77. The van der Waals surface area contributed by atoms with Crippen LogP contribution in [0.3, 0.4) is 0 Å². The van der Waals surface area contributed by atoms with Crippen molar-refractivity contribution in [1.82, 2.24) is 9.97 Å². The SMILES string of the molecule is CC(=O)N1c2cnc(NC(=O)CCc3cccc(Cl)c3)nc2C2(CCCCC2)C1(C)C. The second-order valence-electron chi connectivity index (χ2n) is 9.16. The molecule has 2 amide bonds. The summed E-state index contributed by atoms with van der Waals surface area (Å²) in [5.41, 5.74) is 2.09. The molecular formula is C24H29ClN4O2. The standard InChI is InChI=1S/C24H29ClN4O2/c1-16(30)29-19-15-26-22(27-20(31)11-10-17-8-7-9-18(25)14-17)28-21(19)24(23(29,2)3)12-5-4-6-13-24/h7-9,14-15H,4-6,10-13H2,1-3H3,(H,26,27,28,31). The molecule has 1 aromatic heterocycles. The Morgan fingerprint density at radius 2 is 1.94 bits per heavy atom. The molecule has 1 saturated carbocycles. The minimum atomic E-state index is -0.383. The average molecular weight is 441 g/mol. The Hall–Kier alpha value is -2.47. The van der Waals surface area contributed by atoms with Gasteiger partial charge in [0.2, 0.25) is 17.8 Å². The van der Waals surface area contributed by atoms with Gasteiger partial charge in [0.05, 0.1) is 23.1 Å². The lowest BCUT2D eigenvalue weighted by atomic mass is 9.62. The van der Waals surface area contributed by atoms with E-state index in [0.29, 0.717) is 23.8 Å². The third kappa shape index (κ3) is 3.82. The highest BCUT2D eigenvalue weighted by atomic mass is 35.5. The van der Waals surface area contributed by atoms with Gasteiger partial charge in [-0.3, -0.25) is 14.9 Å². The van der Waals surface area contributed by atoms with Crippen LogP contribution in [-0.4, -0.2) is 27.3 Å². The molecule has 2 aliphatic rings. The number of benzene rings is 1. The molecule has 164 valence electrons. The summed E-state index contributed by atoms with van der Waals surface area (Å²) in [5.74, 6) is 0.162. The van der Waals surface area contributed by atoms with Crippen LogP contribution in [0.5, 0.6) is 0 Å². The summed E-state index contributed by atoms with van der Waals surface area (Å²) in [6.45, 7) is 5.86. The Balaban J connectivity index is 1.58. The number of halogens is 1. The second kappa shape index (κ2) is 8.23. The van der Waals surface area contributed by atoms with Gasteiger partial charge in [-0.2, -0.15) is 0 Å². The van der Waals surface area contributed by atoms with E-state index < -0.39 is 0 Å². The number of anilines is 2. The molecule has 2 aromatic rings. The third-order valence-corrected chi connectivity index (χ3v) is 7.23. The van der Waals surface area contributed by atoms with Crippen LogP contribution in [0, 0.1) is 0 Å². The van der Waals surface area contributed by atoms with Gasteiger partial charge in [-0.05, 0) is 50.8 Å². The lowest BCUT2D eigenvalue weighted by Crippen LogP contribution is -2.56. The van der Waals surface area contributed by atoms with Crippen molar-refractivity contribution in [3.8, 4) is 0 Å². The van der Waals surface area contributed by atoms with Crippen molar-refractivity contribution < 1.29 is 9.59 Å². The van der Waals surface area contributed by atoms with E-state index in [0.717, 1.165) is 42.6 Å². The Morgan fingerprint density at radius 3 is 2.61 bits per heavy atom. The van der Waals surface area contributed by atoms with Gasteiger partial charge in [0.1, 0.15) is 0 Å². The van der Waals surface area contributed by atoms with Crippen LogP contribution in [0.2, 0.25) is 5.02 Å². The highest BCUT2D eigenvalue weighted by Gasteiger charge is 2.59. The van der Waals surface area contributed by atoms with Gasteiger partial charge >= 0.3 is 0 Å². The summed E-state index contributed by atoms with van der Waals surface area (Å²) in [4.78, 5) is 36.1. The quantitative estimate of drug-likeness (QED) is 0.721. The molecule has 31 heavy (non-hydrogen) atoms. The van der Waals surface area contributed by atoms with E-state index in [4.69, 9.17) is 16.6 Å². The van der Waals surface area contributed by atoms with Gasteiger partial charge in [-0.1, -0.05) is 43.0 Å². The normalized spacial score (nSPS) is 18.6. The number of nitrogens with zero attached hydrogens (tertiary/aromatic N) is 3. The Bertz CT molecular complexity index is 1010. The highest BCUT2D eigenvalue weighted by Crippen LogP contribution is 2.57. The maximum Gasteiger partial charge on any atom is 0.229 e. The maximum absolute atomic E-state index is 12.5. The predicted octanol–water partition coefficient (Wildman–Crippen LogP) is 5.05. The molecule has 1 aliphatic heterocycles. The van der Waals surface area contributed by atoms with E-state index in [1.165, 1.54) is 6.42 Å². The minimum absolute atomic E-state index is 0.00407. The van der Waals surface area contributed by atoms with E-state index in [2.05, 4.69) is 24.1 Å². The van der Waals surface area contributed by atoms with Crippen LogP contribution in [0.25, 0.3) is 0 Å². The molecule has 1 aromatic carbocycles. The molecule has 1 fully saturated rings. The number of aryl methyl sites for hydroxylation is 1. The number of hydrogen-bond donors (Lipinski definition) is 1. The van der Waals surface area contributed by atoms with Crippen LogP contribution in [0.15, 0.2) is 30.5 Å². The molecule has 1 aliphatic carbocycles. The van der Waals surface area contributed by atoms with Gasteiger partial charge < -0.3 is 4.90 Å². The van der Waals surface area contributed by atoms with Gasteiger partial charge in [0.15, 0.2) is 0 Å². The zero-order chi connectivity index (χ0) is 22.2. The summed E-state index contributed by atoms with van der Waals surface area (Å²) in [7, 11) is 0. The Labute approximate surface area is 188 Å². The number of nitrogens with one attached hydrogen (secondary N) is 1. The maximum atomic E-state index is 12.5. The molecule has 7 heteroatoms. The van der Waals surface area contributed by atoms with Crippen molar-refractivity contribution >= 4 is 35.1 Å². The lowest BCUT2D eigenvalue weighted by Gasteiger charge is -2.47. The van der Waals surface area contributed by atoms with Crippen LogP contribution < -0.4 is 10.2 Å². The summed E-state index contributed by atoms with van der Waals surface area (Å²) >= 11 is 6.02. The molecule has 4 rings (SSSR count). The summed E-state index contributed by atoms with van der Waals surface area (Å²) in [5, 5.41) is 3.51. The van der Waals surface area contributed by atoms with Crippen LogP contribution >= 0.6 is 11.6 Å². The largest absolute Gasteiger partial charge is 0.303 e. The van der Waals surface area contributed by atoms with Crippen molar-refractivity contribution in [2.45, 2.75) is 76.7 Å². The topological polar surface area (TPSA) is 75.2 Å². The van der Waals surface area contributed by atoms with E-state index in [1.807, 2.05) is 29.2 Å². The fourth-order valence-corrected chi connectivity index (χ4v) is 5.67. The van der Waals surface area contributed by atoms with Crippen LogP contribution in [-0.2, 0) is 21.4 Å². The number of hydrogen-bond acceptors (Lipinski definition) is 4. The van der Waals surface area contributed by atoms with Crippen molar-refractivity contribution in [2.24, 2.45) is 0 Å². The summed E-state index contributed by atoms with van der Waals surface area (Å²) in [6.07, 6.45) is 7.99. The second-order valence-corrected chi connectivity index (χ2v) is 9.60. The molecule has 0 bridgehead atoms. The minimum Gasteiger partial charge on any atom is -0.303 e. The number of amides is 2. The molecule has 0 atom stereocenters. The highest BCUT2D eigenvalue weighted by molar-refractivity contribution is 6.30. The van der Waals surface area contributed by atoms with E-state index in [-0.39, 0.29) is 22.8 Å². The number of carbonyl (C=O) groups is 2. The molecule has 1 N–H and O–H groups in total. The van der Waals surface area contributed by atoms with Crippen molar-refractivity contribution in [2.75, 3.05) is 10.2 Å². The van der Waals surface area contributed by atoms with Crippen molar-refractivity contribution in [3.63, 3.8) is 0 Å². The molecule has 1 spiro atoms. The molecule has 0 saturated heterocycles. The first-order chi connectivity index (χ1) is 14.7. The molecule has 0 unspecified atom stereocenters. The zero-order valence-corrected chi connectivity index (χ0v) is 19.1. The molecule has 6 nitrogen and oxygen atoms in total. The summed E-state index contributed by atoms with van der Waals surface area (Å²) < 4.78 is 0. The summed E-state index contributed by atoms with van der Waals surface area (Å²) in [6, 6.07) is 7.52. The van der Waals surface area contributed by atoms with Gasteiger partial charge in [-0.15, -0.1) is 0 Å². The van der Waals surface area contributed by atoms with E-state index in [1.54, 1.807) is 13.1 Å². The van der Waals surface area contributed by atoms with Crippen molar-refractivity contribution in [1.29, 1.82) is 0 Å².